The lowest BCUT2D eigenvalue weighted by atomic mass is 10.1. The van der Waals surface area contributed by atoms with Crippen LogP contribution in [0.3, 0.4) is 0 Å². The van der Waals surface area contributed by atoms with Crippen LogP contribution in [0.4, 0.5) is 0 Å². The molecule has 0 amide bonds. The van der Waals surface area contributed by atoms with Crippen molar-refractivity contribution >= 4 is 23.1 Å². The lowest BCUT2D eigenvalue weighted by Crippen LogP contribution is -2.53. The van der Waals surface area contributed by atoms with Crippen molar-refractivity contribution in [1.29, 1.82) is 0 Å². The molecule has 0 spiro atoms. The summed E-state index contributed by atoms with van der Waals surface area (Å²) in [7, 11) is 3.53. The number of carbonyl (C=O) groups is 2. The van der Waals surface area contributed by atoms with Crippen LogP contribution in [0.15, 0.2) is 21.2 Å². The van der Waals surface area contributed by atoms with Crippen LogP contribution in [-0.4, -0.2) is 81.8 Å². The molecule has 0 fully saturated rings. The van der Waals surface area contributed by atoms with Crippen LogP contribution < -0.4 is 0 Å². The van der Waals surface area contributed by atoms with Gasteiger partial charge in [-0.1, -0.05) is 101 Å². The minimum absolute atomic E-state index is 0.118. The topological polar surface area (TPSA) is 130 Å². The molecule has 0 radical (unpaired) electrons. The average Bonchev–Trinajstić information content (AvgIpc) is 3.71. The smallest absolute Gasteiger partial charge is 0.334 e. The molecule has 46 heavy (non-hydrogen) atoms. The van der Waals surface area contributed by atoms with Gasteiger partial charge in [0, 0.05) is 25.7 Å². The van der Waals surface area contributed by atoms with Crippen LogP contribution in [0, 0.1) is 0 Å². The van der Waals surface area contributed by atoms with E-state index in [-0.39, 0.29) is 9.29 Å². The number of likely N-dealkylation sites (N-methyl/N-ethyl adjacent to an activating group) is 2. The minimum atomic E-state index is -1.03. The number of rotatable bonds is 18. The molecule has 2 atom stereocenters. The first-order valence-electron chi connectivity index (χ1n) is 17.4. The maximum Gasteiger partial charge on any atom is 0.480 e. The molecule has 2 aliphatic heterocycles. The monoisotopic (exact) mass is 642 g/mol. The number of hydroxylamine groups is 6. The van der Waals surface area contributed by atoms with Gasteiger partial charge in [0.25, 0.3) is 11.8 Å². The van der Waals surface area contributed by atoms with Crippen LogP contribution in [0.5, 0.6) is 0 Å². The van der Waals surface area contributed by atoms with Crippen LogP contribution >= 0.6 is 0 Å². The van der Waals surface area contributed by atoms with Gasteiger partial charge in [-0.3, -0.25) is 9.68 Å². The number of carbonyl (C=O) groups excluding carboxylic acids is 2. The molecule has 2 aromatic rings. The number of hydrogen-bond donors (Lipinski definition) is 0. The van der Waals surface area contributed by atoms with Crippen molar-refractivity contribution in [3.8, 4) is 0 Å². The molecule has 12 nitrogen and oxygen atoms in total. The fraction of sp³-hybridized carbons (Fsp3) is 0.706. The Kier molecular flexibility index (Phi) is 13.5. The first kappa shape index (κ1) is 35.5. The summed E-state index contributed by atoms with van der Waals surface area (Å²) in [4.78, 5) is 46.5. The Morgan fingerprint density at radius 3 is 1.46 bits per heavy atom. The molecule has 0 N–H and O–H groups in total. The van der Waals surface area contributed by atoms with Crippen molar-refractivity contribution < 1.29 is 37.6 Å². The van der Waals surface area contributed by atoms with E-state index in [1.54, 1.807) is 14.1 Å². The molecule has 0 saturated heterocycles. The molecule has 4 heterocycles. The quantitative estimate of drug-likeness (QED) is 0.103. The molecule has 0 aliphatic carbocycles. The van der Waals surface area contributed by atoms with Gasteiger partial charge in [0.15, 0.2) is 11.6 Å². The zero-order valence-electron chi connectivity index (χ0n) is 28.4. The second kappa shape index (κ2) is 17.5. The van der Waals surface area contributed by atoms with Gasteiger partial charge in [0.05, 0.1) is 11.1 Å². The summed E-state index contributed by atoms with van der Waals surface area (Å²) in [5.74, 6) is 0.178. The summed E-state index contributed by atoms with van der Waals surface area (Å²) >= 11 is 0. The highest BCUT2D eigenvalue weighted by atomic mass is 16.8. The number of quaternary nitrogens is 2. The van der Waals surface area contributed by atoms with Crippen molar-refractivity contribution in [3.63, 3.8) is 0 Å². The standard InChI is InChI=1S/C34H54N6O6/c1-5-7-9-11-13-15-21-29-35-31(43-37-29)27-19-17-23-39(3,25-27)45-33(41)34(42)46-40(4)24-18-20-28(26-40)32-36-30(38-44-32)22-16-14-12-10-8-6-2/h19-20H,5-18,21-26H2,1-4H3/q+2. The Hall–Kier alpha value is -3.38. The van der Waals surface area contributed by atoms with E-state index in [0.717, 1.165) is 49.7 Å². The third-order valence-corrected chi connectivity index (χ3v) is 8.76. The van der Waals surface area contributed by atoms with E-state index in [9.17, 15) is 9.59 Å². The average molecular weight is 643 g/mol. The molecule has 254 valence electrons. The summed E-state index contributed by atoms with van der Waals surface area (Å²) in [5, 5.41) is 8.30. The molecule has 0 bridgehead atoms. The largest absolute Gasteiger partial charge is 0.480 e. The fourth-order valence-electron chi connectivity index (χ4n) is 6.07. The van der Waals surface area contributed by atoms with Crippen LogP contribution in [0.2, 0.25) is 0 Å². The third-order valence-electron chi connectivity index (χ3n) is 8.76. The normalized spacial score (nSPS) is 21.5. The highest BCUT2D eigenvalue weighted by Gasteiger charge is 2.41. The number of aromatic nitrogens is 4. The molecular formula is C34H54N6O6+2. The molecule has 2 aliphatic rings. The predicted molar refractivity (Wildman–Crippen MR) is 172 cm³/mol. The number of hydrogen-bond acceptors (Lipinski definition) is 10. The first-order chi connectivity index (χ1) is 22.2. The van der Waals surface area contributed by atoms with E-state index in [4.69, 9.17) is 18.7 Å². The Labute approximate surface area is 273 Å². The SMILES string of the molecule is CCCCCCCCc1noc(C2=CCC[N+](C)(OC(=O)C(=O)O[N+]3(C)CCC=C(c4nc(CCCCCCCC)no4)C3)C2)n1. The highest BCUT2D eigenvalue weighted by molar-refractivity contribution is 6.29. The van der Waals surface area contributed by atoms with Gasteiger partial charge in [0.1, 0.15) is 40.3 Å². The van der Waals surface area contributed by atoms with Gasteiger partial charge in [-0.05, 0) is 12.8 Å². The van der Waals surface area contributed by atoms with Gasteiger partial charge in [-0.25, -0.2) is 9.59 Å². The molecule has 2 unspecified atom stereocenters. The molecular weight excluding hydrogens is 588 g/mol. The highest BCUT2D eigenvalue weighted by Crippen LogP contribution is 2.27. The van der Waals surface area contributed by atoms with E-state index in [2.05, 4.69) is 34.1 Å². The summed E-state index contributed by atoms with van der Waals surface area (Å²) in [6.45, 7) is 6.08. The molecule has 0 saturated carbocycles. The van der Waals surface area contributed by atoms with E-state index in [0.29, 0.717) is 62.5 Å². The minimum Gasteiger partial charge on any atom is -0.334 e. The second-order valence-electron chi connectivity index (χ2n) is 13.2. The zero-order chi connectivity index (χ0) is 32.8. The van der Waals surface area contributed by atoms with Crippen LogP contribution in [0.1, 0.15) is 127 Å². The van der Waals surface area contributed by atoms with E-state index >= 15 is 0 Å². The van der Waals surface area contributed by atoms with Crippen molar-refractivity contribution in [2.24, 2.45) is 0 Å². The van der Waals surface area contributed by atoms with Gasteiger partial charge >= 0.3 is 11.9 Å². The van der Waals surface area contributed by atoms with E-state index in [1.165, 1.54) is 51.4 Å². The van der Waals surface area contributed by atoms with E-state index in [1.807, 2.05) is 12.2 Å². The molecule has 4 rings (SSSR count). The Morgan fingerprint density at radius 2 is 1.04 bits per heavy atom. The maximum absolute atomic E-state index is 13.0. The third kappa shape index (κ3) is 10.9. The van der Waals surface area contributed by atoms with Gasteiger partial charge in [-0.15, -0.1) is 9.29 Å². The summed E-state index contributed by atoms with van der Waals surface area (Å²) in [5.41, 5.74) is 1.61. The number of unbranched alkanes of at least 4 members (excludes halogenated alkanes) is 10. The number of aryl methyl sites for hydroxylation is 2. The van der Waals surface area contributed by atoms with Crippen LogP contribution in [-0.2, 0) is 32.1 Å². The summed E-state index contributed by atoms with van der Waals surface area (Å²) in [6, 6.07) is 0. The van der Waals surface area contributed by atoms with Gasteiger partial charge < -0.3 is 9.05 Å². The van der Waals surface area contributed by atoms with E-state index < -0.39 is 11.9 Å². The van der Waals surface area contributed by atoms with Gasteiger partial charge in [-0.2, -0.15) is 9.97 Å². The van der Waals surface area contributed by atoms with Crippen molar-refractivity contribution in [2.75, 3.05) is 40.3 Å². The second-order valence-corrected chi connectivity index (χ2v) is 13.2. The summed E-state index contributed by atoms with van der Waals surface area (Å²) < 4.78 is 10.9. The van der Waals surface area contributed by atoms with Crippen molar-refractivity contribution in [1.82, 2.24) is 20.3 Å². The van der Waals surface area contributed by atoms with Crippen molar-refractivity contribution in [3.05, 3.63) is 35.6 Å². The Bertz CT molecular complexity index is 1230. The Balaban J connectivity index is 1.24. The van der Waals surface area contributed by atoms with Gasteiger partial charge in [0.2, 0.25) is 0 Å². The first-order valence-corrected chi connectivity index (χ1v) is 17.4. The molecule has 2 aromatic heterocycles. The molecule has 0 aromatic carbocycles. The lowest BCUT2D eigenvalue weighted by molar-refractivity contribution is -1.07. The Morgan fingerprint density at radius 1 is 0.652 bits per heavy atom. The zero-order valence-corrected chi connectivity index (χ0v) is 28.4. The number of nitrogens with zero attached hydrogens (tertiary/aromatic N) is 6. The summed E-state index contributed by atoms with van der Waals surface area (Å²) in [6.07, 6.45) is 21.2. The van der Waals surface area contributed by atoms with Crippen molar-refractivity contribution in [2.45, 2.75) is 117 Å². The predicted octanol–water partition coefficient (Wildman–Crippen LogP) is 6.34. The lowest BCUT2D eigenvalue weighted by Gasteiger charge is -2.34. The molecule has 12 heteroatoms. The maximum atomic E-state index is 13.0. The van der Waals surface area contributed by atoms with Crippen LogP contribution in [0.25, 0.3) is 11.1 Å². The fourth-order valence-corrected chi connectivity index (χ4v) is 6.07.